The lowest BCUT2D eigenvalue weighted by atomic mass is 9.92. The van der Waals surface area contributed by atoms with Gasteiger partial charge in [-0.2, -0.15) is 0 Å². The number of para-hydroxylation sites is 2. The lowest BCUT2D eigenvalue weighted by molar-refractivity contribution is -0.0156. The summed E-state index contributed by atoms with van der Waals surface area (Å²) in [5.41, 5.74) is 0. The quantitative estimate of drug-likeness (QED) is 0.284. The van der Waals surface area contributed by atoms with Gasteiger partial charge in [0.05, 0.1) is 0 Å². The van der Waals surface area contributed by atoms with Crippen molar-refractivity contribution in [3.63, 3.8) is 0 Å². The van der Waals surface area contributed by atoms with Crippen LogP contribution in [0.25, 0.3) is 0 Å². The van der Waals surface area contributed by atoms with E-state index in [9.17, 15) is 0 Å². The second kappa shape index (κ2) is 9.37. The van der Waals surface area contributed by atoms with Gasteiger partial charge in [-0.25, -0.2) is 0 Å². The van der Waals surface area contributed by atoms with Crippen LogP contribution in [-0.4, -0.2) is 22.0 Å². The molecule has 12 heteroatoms. The average Bonchev–Trinajstić information content (AvgIpc) is 2.67. The van der Waals surface area contributed by atoms with E-state index in [4.69, 9.17) is 9.47 Å². The van der Waals surface area contributed by atoms with Gasteiger partial charge in [0.25, 0.3) is 0 Å². The van der Waals surface area contributed by atoms with Crippen molar-refractivity contribution in [2.75, 3.05) is 0 Å². The molecule has 2 aromatic rings. The van der Waals surface area contributed by atoms with Crippen LogP contribution in [0.5, 0.6) is 11.5 Å². The summed E-state index contributed by atoms with van der Waals surface area (Å²) < 4.78 is 6.71. The smallest absolute Gasteiger partial charge is 0.241 e. The molecule has 1 aliphatic rings. The fraction of sp³-hybridized carbons (Fsp3) is 0.333. The zero-order chi connectivity index (χ0) is 22.6. The highest BCUT2D eigenvalue weighted by atomic mass is 79.9. The first-order chi connectivity index (χ1) is 13.7. The third kappa shape index (κ3) is 4.00. The second-order valence-corrected chi connectivity index (χ2v) is 22.3. The molecule has 164 valence electrons. The van der Waals surface area contributed by atoms with Gasteiger partial charge in [0.2, 0.25) is 9.02 Å². The Hall–Kier alpha value is 2.84. The van der Waals surface area contributed by atoms with E-state index in [1.807, 2.05) is 60.7 Å². The molecule has 0 saturated heterocycles. The summed E-state index contributed by atoms with van der Waals surface area (Å²) in [5, 5.41) is 0. The minimum Gasteiger partial charge on any atom is -0.468 e. The first kappa shape index (κ1) is 27.4. The van der Waals surface area contributed by atoms with Crippen LogP contribution in [0.15, 0.2) is 60.7 Å². The summed E-state index contributed by atoms with van der Waals surface area (Å²) in [6.45, 7) is 0. The molecule has 3 rings (SSSR count). The van der Waals surface area contributed by atoms with Crippen LogP contribution in [0.3, 0.4) is 0 Å². The highest BCUT2D eigenvalue weighted by Gasteiger charge is 2.88. The van der Waals surface area contributed by atoms with Gasteiger partial charge in [-0.3, -0.25) is 0 Å². The van der Waals surface area contributed by atoms with Gasteiger partial charge in [0.15, 0.2) is 6.47 Å². The summed E-state index contributed by atoms with van der Waals surface area (Å²) >= 11 is 38.5. The fourth-order valence-electron chi connectivity index (χ4n) is 2.76. The molecule has 0 bridgehead atoms. The molecule has 2 nitrogen and oxygen atoms in total. The first-order valence-corrected chi connectivity index (χ1v) is 16.0. The molecule has 1 saturated carbocycles. The topological polar surface area (TPSA) is 18.5 Å². The molecule has 0 spiro atoms. The van der Waals surface area contributed by atoms with Crippen LogP contribution in [0.2, 0.25) is 0 Å². The lowest BCUT2D eigenvalue weighted by Crippen LogP contribution is -2.83. The van der Waals surface area contributed by atoms with Crippen molar-refractivity contribution in [2.24, 2.45) is 0 Å². The average molecular weight is 1060 g/mol. The Labute approximate surface area is 259 Å². The third-order valence-electron chi connectivity index (χ3n) is 4.41. The van der Waals surface area contributed by atoms with E-state index in [0.717, 1.165) is 0 Å². The third-order valence-corrected chi connectivity index (χ3v) is 25.5. The van der Waals surface area contributed by atoms with Crippen LogP contribution in [0, 0.1) is 0 Å². The van der Waals surface area contributed by atoms with Crippen molar-refractivity contribution in [3.8, 4) is 11.5 Å². The van der Waals surface area contributed by atoms with E-state index in [-0.39, 0.29) is 0 Å². The molecule has 1 aliphatic carbocycles. The minimum atomic E-state index is -1.30. The second-order valence-electron chi connectivity index (χ2n) is 6.32. The number of halogens is 10. The predicted molar refractivity (Wildman–Crippen MR) is 160 cm³/mol. The summed E-state index contributed by atoms with van der Waals surface area (Å²) in [6.07, 6.45) is 0. The van der Waals surface area contributed by atoms with E-state index >= 15 is 0 Å². The minimum absolute atomic E-state index is 0.626. The predicted octanol–water partition coefficient (Wildman–Crippen LogP) is 10.3. The maximum absolute atomic E-state index is 6.60. The molecule has 0 heterocycles. The van der Waals surface area contributed by atoms with Crippen molar-refractivity contribution >= 4 is 159 Å². The summed E-state index contributed by atoms with van der Waals surface area (Å²) in [4.78, 5) is 0. The van der Waals surface area contributed by atoms with Crippen LogP contribution < -0.4 is 9.47 Å². The maximum Gasteiger partial charge on any atom is 0.241 e. The van der Waals surface area contributed by atoms with Gasteiger partial charge in [-0.15, -0.1) is 0 Å². The number of hydrogen-bond acceptors (Lipinski definition) is 2. The van der Waals surface area contributed by atoms with E-state index in [2.05, 4.69) is 159 Å². The Bertz CT molecular complexity index is 830. The van der Waals surface area contributed by atoms with Crippen molar-refractivity contribution in [3.05, 3.63) is 60.7 Å². The summed E-state index contributed by atoms with van der Waals surface area (Å²) in [7, 11) is 0. The molecule has 0 N–H and O–H groups in total. The van der Waals surface area contributed by atoms with Crippen LogP contribution in [-0.2, 0) is 0 Å². The Morgan fingerprint density at radius 2 is 0.667 bits per heavy atom. The Morgan fingerprint density at radius 1 is 0.400 bits per heavy atom. The van der Waals surface area contributed by atoms with Gasteiger partial charge in [-0.05, 0) is 56.1 Å². The van der Waals surface area contributed by atoms with E-state index < -0.39 is 22.0 Å². The molecule has 0 amide bonds. The Kier molecular flexibility index (Phi) is 8.57. The monoisotopic (exact) mass is 1050 g/mol. The zero-order valence-corrected chi connectivity index (χ0v) is 30.2. The molecular formula is C18H10Br10O2. The molecule has 30 heavy (non-hydrogen) atoms. The maximum atomic E-state index is 6.60. The number of hydrogen-bond donors (Lipinski definition) is 0. The summed E-state index contributed by atoms with van der Waals surface area (Å²) in [5.74, 6) is 1.25. The van der Waals surface area contributed by atoms with Crippen LogP contribution in [0.1, 0.15) is 0 Å². The standard InChI is InChI=1S/C18H10Br10O2/c19-13(20)14(21,22)16(25,26)18(28,30-12-9-5-2-6-10-12)17(27,15(13,23)24)29-11-7-3-1-4-8-11/h1-10H. The zero-order valence-electron chi connectivity index (χ0n) is 14.4. The van der Waals surface area contributed by atoms with Gasteiger partial charge in [0, 0.05) is 0 Å². The SMILES string of the molecule is BrC1(Br)C(Br)(Br)C(Br)(Br)C(Br)(Oc2ccccc2)C(Br)(Oc2ccccc2)C1(Br)Br. The summed E-state index contributed by atoms with van der Waals surface area (Å²) in [6, 6.07) is 18.9. The Balaban J connectivity index is 2.29. The molecule has 0 aliphatic heterocycles. The molecular weight excluding hydrogens is 1050 g/mol. The van der Waals surface area contributed by atoms with Crippen molar-refractivity contribution in [1.82, 2.24) is 0 Å². The first-order valence-electron chi connectivity index (χ1n) is 8.03. The van der Waals surface area contributed by atoms with Crippen LogP contribution >= 0.6 is 159 Å². The molecule has 2 aromatic carbocycles. The molecule has 0 radical (unpaired) electrons. The molecule has 1 fully saturated rings. The molecule has 0 aromatic heterocycles. The van der Waals surface area contributed by atoms with Gasteiger partial charge in [0.1, 0.15) is 18.0 Å². The normalized spacial score (nSPS) is 31.0. The van der Waals surface area contributed by atoms with Crippen LogP contribution in [0.4, 0.5) is 0 Å². The lowest BCUT2D eigenvalue weighted by Gasteiger charge is -2.65. The van der Waals surface area contributed by atoms with E-state index in [1.54, 1.807) is 0 Å². The van der Waals surface area contributed by atoms with Crippen molar-refractivity contribution in [1.29, 1.82) is 0 Å². The molecule has 2 unspecified atom stereocenters. The van der Waals surface area contributed by atoms with E-state index in [1.165, 1.54) is 0 Å². The fourth-order valence-corrected chi connectivity index (χ4v) is 13.7. The largest absolute Gasteiger partial charge is 0.468 e. The Morgan fingerprint density at radius 3 is 0.933 bits per heavy atom. The molecule has 2 atom stereocenters. The van der Waals surface area contributed by atoms with Crippen molar-refractivity contribution in [2.45, 2.75) is 22.0 Å². The van der Waals surface area contributed by atoms with Gasteiger partial charge < -0.3 is 9.47 Å². The number of ether oxygens (including phenoxy) is 2. The number of alkyl halides is 10. The highest BCUT2D eigenvalue weighted by Crippen LogP contribution is 2.80. The van der Waals surface area contributed by atoms with E-state index in [0.29, 0.717) is 11.5 Å². The van der Waals surface area contributed by atoms with Crippen molar-refractivity contribution < 1.29 is 9.47 Å². The number of benzene rings is 2. The van der Waals surface area contributed by atoms with Gasteiger partial charge in [-0.1, -0.05) is 164 Å². The highest BCUT2D eigenvalue weighted by molar-refractivity contribution is 9.35. The van der Waals surface area contributed by atoms with Gasteiger partial charge >= 0.3 is 0 Å². The number of rotatable bonds is 4.